The number of benzene rings is 1. The Bertz CT molecular complexity index is 752. The second kappa shape index (κ2) is 8.69. The molecule has 0 radical (unpaired) electrons. The van der Waals surface area contributed by atoms with Crippen LogP contribution >= 0.6 is 11.6 Å². The molecule has 26 heavy (non-hydrogen) atoms. The monoisotopic (exact) mass is 376 g/mol. The standard InChI is InChI=1S/C20H29ClN4O/c1-13(2)19(22)10-11-24(5)20(26)12-18-14(3)23-25(15(18)4)17-8-6-16(21)7-9-17/h6-9,13,19H,10-12,22H2,1-5H3. The molecule has 0 saturated carbocycles. The van der Waals surface area contributed by atoms with Crippen molar-refractivity contribution in [2.75, 3.05) is 13.6 Å². The van der Waals surface area contributed by atoms with E-state index in [0.717, 1.165) is 29.1 Å². The van der Waals surface area contributed by atoms with Crippen LogP contribution in [0.1, 0.15) is 37.2 Å². The summed E-state index contributed by atoms with van der Waals surface area (Å²) in [6.07, 6.45) is 1.15. The van der Waals surface area contributed by atoms with Gasteiger partial charge in [0.1, 0.15) is 0 Å². The summed E-state index contributed by atoms with van der Waals surface area (Å²) in [5, 5.41) is 5.29. The Kier molecular flexibility index (Phi) is 6.84. The van der Waals surface area contributed by atoms with Crippen molar-refractivity contribution >= 4 is 17.5 Å². The number of hydrogen-bond donors (Lipinski definition) is 1. The third kappa shape index (κ3) is 4.86. The van der Waals surface area contributed by atoms with E-state index in [4.69, 9.17) is 17.3 Å². The first-order chi connectivity index (χ1) is 12.2. The number of hydrogen-bond acceptors (Lipinski definition) is 3. The lowest BCUT2D eigenvalue weighted by Crippen LogP contribution is -2.35. The SMILES string of the molecule is Cc1nn(-c2ccc(Cl)cc2)c(C)c1CC(=O)N(C)CCC(N)C(C)C. The van der Waals surface area contributed by atoms with Crippen LogP contribution in [-0.4, -0.2) is 40.2 Å². The number of nitrogens with zero attached hydrogens (tertiary/aromatic N) is 3. The van der Waals surface area contributed by atoms with Crippen LogP contribution < -0.4 is 5.73 Å². The third-order valence-corrected chi connectivity index (χ3v) is 5.17. The molecule has 1 atom stereocenters. The Balaban J connectivity index is 2.09. The molecule has 2 rings (SSSR count). The van der Waals surface area contributed by atoms with Crippen LogP contribution in [-0.2, 0) is 11.2 Å². The highest BCUT2D eigenvalue weighted by atomic mass is 35.5. The van der Waals surface area contributed by atoms with Gasteiger partial charge in [-0.05, 0) is 50.5 Å². The predicted octanol–water partition coefficient (Wildman–Crippen LogP) is 3.52. The molecule has 0 saturated heterocycles. The zero-order chi connectivity index (χ0) is 19.4. The normalized spacial score (nSPS) is 12.5. The number of aromatic nitrogens is 2. The van der Waals surface area contributed by atoms with Crippen molar-refractivity contribution in [2.24, 2.45) is 11.7 Å². The molecule has 1 heterocycles. The number of nitrogens with two attached hydrogens (primary N) is 1. The van der Waals surface area contributed by atoms with Crippen molar-refractivity contribution in [1.29, 1.82) is 0 Å². The molecule has 0 spiro atoms. The van der Waals surface area contributed by atoms with Gasteiger partial charge in [-0.1, -0.05) is 25.4 Å². The summed E-state index contributed by atoms with van der Waals surface area (Å²) < 4.78 is 1.86. The van der Waals surface area contributed by atoms with Gasteiger partial charge < -0.3 is 10.6 Å². The smallest absolute Gasteiger partial charge is 0.226 e. The molecular formula is C20H29ClN4O. The maximum atomic E-state index is 12.6. The lowest BCUT2D eigenvalue weighted by molar-refractivity contribution is -0.129. The van der Waals surface area contributed by atoms with Crippen molar-refractivity contribution in [3.05, 3.63) is 46.2 Å². The second-order valence-corrected chi connectivity index (χ2v) is 7.66. The van der Waals surface area contributed by atoms with Gasteiger partial charge in [-0.15, -0.1) is 0 Å². The average Bonchev–Trinajstić information content (AvgIpc) is 2.87. The summed E-state index contributed by atoms with van der Waals surface area (Å²) in [6, 6.07) is 7.63. The van der Waals surface area contributed by atoms with Crippen LogP contribution in [0.5, 0.6) is 0 Å². The van der Waals surface area contributed by atoms with Crippen molar-refractivity contribution in [1.82, 2.24) is 14.7 Å². The van der Waals surface area contributed by atoms with Gasteiger partial charge in [0.15, 0.2) is 0 Å². The number of rotatable bonds is 7. The average molecular weight is 377 g/mol. The van der Waals surface area contributed by atoms with Gasteiger partial charge >= 0.3 is 0 Å². The number of halogens is 1. The van der Waals surface area contributed by atoms with E-state index in [0.29, 0.717) is 23.9 Å². The molecule has 1 aromatic heterocycles. The molecule has 142 valence electrons. The first-order valence-corrected chi connectivity index (χ1v) is 9.39. The number of likely N-dealkylation sites (N-methyl/N-ethyl adjacent to an activating group) is 1. The van der Waals surface area contributed by atoms with E-state index in [-0.39, 0.29) is 11.9 Å². The van der Waals surface area contributed by atoms with Crippen molar-refractivity contribution in [3.8, 4) is 5.69 Å². The molecule has 0 aliphatic heterocycles. The lowest BCUT2D eigenvalue weighted by Gasteiger charge is -2.21. The fourth-order valence-corrected chi connectivity index (χ4v) is 2.98. The largest absolute Gasteiger partial charge is 0.345 e. The van der Waals surface area contributed by atoms with Gasteiger partial charge in [0.2, 0.25) is 5.91 Å². The first kappa shape index (κ1) is 20.5. The molecule has 1 amide bonds. The summed E-state index contributed by atoms with van der Waals surface area (Å²) in [5.74, 6) is 0.503. The summed E-state index contributed by atoms with van der Waals surface area (Å²) in [7, 11) is 1.84. The van der Waals surface area contributed by atoms with Crippen LogP contribution in [0.15, 0.2) is 24.3 Å². The minimum Gasteiger partial charge on any atom is -0.345 e. The Morgan fingerprint density at radius 3 is 2.46 bits per heavy atom. The van der Waals surface area contributed by atoms with Crippen LogP contribution in [0.2, 0.25) is 5.02 Å². The summed E-state index contributed by atoms with van der Waals surface area (Å²) >= 11 is 5.96. The molecule has 2 aromatic rings. The first-order valence-electron chi connectivity index (χ1n) is 9.01. The van der Waals surface area contributed by atoms with Gasteiger partial charge in [0.05, 0.1) is 17.8 Å². The van der Waals surface area contributed by atoms with Gasteiger partial charge in [-0.3, -0.25) is 4.79 Å². The quantitative estimate of drug-likeness (QED) is 0.804. The highest BCUT2D eigenvalue weighted by Crippen LogP contribution is 2.20. The number of aryl methyl sites for hydroxylation is 1. The Hall–Kier alpha value is -1.85. The number of carbonyl (C=O) groups excluding carboxylic acids is 1. The van der Waals surface area contributed by atoms with Crippen LogP contribution in [0.25, 0.3) is 5.69 Å². The molecule has 0 fully saturated rings. The van der Waals surface area contributed by atoms with Crippen molar-refractivity contribution in [3.63, 3.8) is 0 Å². The number of carbonyl (C=O) groups is 1. The Labute approximate surface area is 161 Å². The minimum atomic E-state index is 0.0859. The van der Waals surface area contributed by atoms with Crippen LogP contribution in [0, 0.1) is 19.8 Å². The zero-order valence-corrected chi connectivity index (χ0v) is 17.0. The maximum absolute atomic E-state index is 12.6. The van der Waals surface area contributed by atoms with E-state index in [1.165, 1.54) is 0 Å². The van der Waals surface area contributed by atoms with Crippen LogP contribution in [0.3, 0.4) is 0 Å². The van der Waals surface area contributed by atoms with E-state index in [1.807, 2.05) is 49.8 Å². The van der Waals surface area contributed by atoms with Crippen molar-refractivity contribution < 1.29 is 4.79 Å². The predicted molar refractivity (Wildman–Crippen MR) is 107 cm³/mol. The van der Waals surface area contributed by atoms with E-state index >= 15 is 0 Å². The third-order valence-electron chi connectivity index (χ3n) is 4.92. The second-order valence-electron chi connectivity index (χ2n) is 7.23. The molecule has 0 bridgehead atoms. The van der Waals surface area contributed by atoms with E-state index in [1.54, 1.807) is 4.90 Å². The molecule has 0 aliphatic carbocycles. The van der Waals surface area contributed by atoms with E-state index in [2.05, 4.69) is 18.9 Å². The van der Waals surface area contributed by atoms with Gasteiger partial charge in [0, 0.05) is 35.9 Å². The molecule has 0 aliphatic rings. The molecule has 1 aromatic carbocycles. The highest BCUT2D eigenvalue weighted by Gasteiger charge is 2.19. The lowest BCUT2D eigenvalue weighted by atomic mass is 10.0. The molecule has 5 nitrogen and oxygen atoms in total. The van der Waals surface area contributed by atoms with E-state index < -0.39 is 0 Å². The van der Waals surface area contributed by atoms with E-state index in [9.17, 15) is 4.79 Å². The Morgan fingerprint density at radius 1 is 1.27 bits per heavy atom. The minimum absolute atomic E-state index is 0.0859. The molecular weight excluding hydrogens is 348 g/mol. The zero-order valence-electron chi connectivity index (χ0n) is 16.3. The van der Waals surface area contributed by atoms with Crippen LogP contribution in [0.4, 0.5) is 0 Å². The highest BCUT2D eigenvalue weighted by molar-refractivity contribution is 6.30. The van der Waals surface area contributed by atoms with Gasteiger partial charge in [0.25, 0.3) is 0 Å². The fraction of sp³-hybridized carbons (Fsp3) is 0.500. The molecule has 1 unspecified atom stereocenters. The Morgan fingerprint density at radius 2 is 1.88 bits per heavy atom. The molecule has 6 heteroatoms. The van der Waals surface area contributed by atoms with Crippen molar-refractivity contribution in [2.45, 2.75) is 46.6 Å². The topological polar surface area (TPSA) is 64.2 Å². The van der Waals surface area contributed by atoms with Gasteiger partial charge in [-0.2, -0.15) is 5.10 Å². The molecule has 2 N–H and O–H groups in total. The summed E-state index contributed by atoms with van der Waals surface area (Å²) in [6.45, 7) is 8.80. The summed E-state index contributed by atoms with van der Waals surface area (Å²) in [4.78, 5) is 14.4. The number of amides is 1. The fourth-order valence-electron chi connectivity index (χ4n) is 2.85. The maximum Gasteiger partial charge on any atom is 0.226 e. The summed E-state index contributed by atoms with van der Waals surface area (Å²) in [5.41, 5.74) is 9.85. The van der Waals surface area contributed by atoms with Gasteiger partial charge in [-0.25, -0.2) is 4.68 Å².